The maximum Gasteiger partial charge on any atom is 0.220 e. The Balaban J connectivity index is 1.86. The van der Waals surface area contributed by atoms with E-state index in [2.05, 4.69) is 17.2 Å². The van der Waals surface area contributed by atoms with Crippen LogP contribution in [0.2, 0.25) is 0 Å². The van der Waals surface area contributed by atoms with Gasteiger partial charge in [0.2, 0.25) is 5.91 Å². The van der Waals surface area contributed by atoms with Gasteiger partial charge in [-0.25, -0.2) is 4.98 Å². The molecule has 0 saturated carbocycles. The van der Waals surface area contributed by atoms with Crippen molar-refractivity contribution >= 4 is 17.2 Å². The molecule has 23 heavy (non-hydrogen) atoms. The van der Waals surface area contributed by atoms with Crippen molar-refractivity contribution in [2.75, 3.05) is 13.7 Å². The molecule has 0 unspecified atom stereocenters. The number of rotatable bonds is 9. The van der Waals surface area contributed by atoms with Crippen LogP contribution in [0.1, 0.15) is 38.3 Å². The van der Waals surface area contributed by atoms with Gasteiger partial charge in [-0.15, -0.1) is 11.3 Å². The predicted molar refractivity (Wildman–Crippen MR) is 95.0 cm³/mol. The van der Waals surface area contributed by atoms with Crippen molar-refractivity contribution in [2.45, 2.75) is 39.0 Å². The van der Waals surface area contributed by atoms with Crippen LogP contribution in [0.3, 0.4) is 0 Å². The van der Waals surface area contributed by atoms with Crippen LogP contribution < -0.4 is 10.1 Å². The number of amides is 1. The number of ether oxygens (including phenoxy) is 1. The van der Waals surface area contributed by atoms with Gasteiger partial charge in [-0.05, 0) is 25.0 Å². The number of aromatic nitrogens is 1. The molecule has 0 atom stereocenters. The first-order chi connectivity index (χ1) is 11.2. The summed E-state index contributed by atoms with van der Waals surface area (Å²) in [7, 11) is 1.66. The number of methoxy groups -OCH3 is 1. The Morgan fingerprint density at radius 2 is 2.13 bits per heavy atom. The molecule has 1 amide bonds. The molecule has 1 heterocycles. The van der Waals surface area contributed by atoms with Gasteiger partial charge in [0.1, 0.15) is 10.8 Å². The predicted octanol–water partition coefficient (Wildman–Crippen LogP) is 4.06. The Kier molecular flexibility index (Phi) is 7.07. The molecule has 1 aromatic heterocycles. The highest BCUT2D eigenvalue weighted by Crippen LogP contribution is 2.31. The first-order valence-electron chi connectivity index (χ1n) is 8.09. The fourth-order valence-electron chi connectivity index (χ4n) is 2.30. The molecule has 0 aliphatic rings. The van der Waals surface area contributed by atoms with Gasteiger partial charge in [-0.1, -0.05) is 31.9 Å². The SMILES string of the molecule is CCCCCNC(=O)CCc1csc(-c2ccccc2OC)n1. The van der Waals surface area contributed by atoms with Gasteiger partial charge in [-0.2, -0.15) is 0 Å². The molecule has 4 nitrogen and oxygen atoms in total. The summed E-state index contributed by atoms with van der Waals surface area (Å²) in [5.41, 5.74) is 1.95. The molecular formula is C18H24N2O2S. The number of nitrogens with one attached hydrogen (secondary N) is 1. The summed E-state index contributed by atoms with van der Waals surface area (Å²) in [6, 6.07) is 7.85. The average Bonchev–Trinajstić information content (AvgIpc) is 3.05. The van der Waals surface area contributed by atoms with Crippen LogP contribution in [0.4, 0.5) is 0 Å². The second-order valence-electron chi connectivity index (χ2n) is 5.40. The number of carbonyl (C=O) groups is 1. The van der Waals surface area contributed by atoms with Crippen LogP contribution in [0, 0.1) is 0 Å². The summed E-state index contributed by atoms with van der Waals surface area (Å²) in [5, 5.41) is 5.91. The van der Waals surface area contributed by atoms with Crippen molar-refractivity contribution in [1.82, 2.24) is 10.3 Å². The molecule has 0 aliphatic carbocycles. The number of para-hydroxylation sites is 1. The Labute approximate surface area is 141 Å². The van der Waals surface area contributed by atoms with E-state index in [9.17, 15) is 4.79 Å². The van der Waals surface area contributed by atoms with E-state index in [0.717, 1.165) is 41.4 Å². The summed E-state index contributed by atoms with van der Waals surface area (Å²) in [6.07, 6.45) is 4.54. The smallest absolute Gasteiger partial charge is 0.220 e. The van der Waals surface area contributed by atoms with Gasteiger partial charge in [0.25, 0.3) is 0 Å². The van der Waals surface area contributed by atoms with E-state index in [1.54, 1.807) is 18.4 Å². The van der Waals surface area contributed by atoms with Crippen molar-refractivity contribution in [3.63, 3.8) is 0 Å². The van der Waals surface area contributed by atoms with E-state index in [1.165, 1.54) is 6.42 Å². The molecule has 5 heteroatoms. The van der Waals surface area contributed by atoms with Crippen LogP contribution in [0.15, 0.2) is 29.6 Å². The fourth-order valence-corrected chi connectivity index (χ4v) is 3.18. The van der Waals surface area contributed by atoms with Crippen LogP contribution in [-0.4, -0.2) is 24.5 Å². The minimum Gasteiger partial charge on any atom is -0.496 e. The third-order valence-corrected chi connectivity index (χ3v) is 4.52. The highest BCUT2D eigenvalue weighted by Gasteiger charge is 2.10. The Morgan fingerprint density at radius 3 is 2.91 bits per heavy atom. The summed E-state index contributed by atoms with van der Waals surface area (Å²) in [5.74, 6) is 0.926. The lowest BCUT2D eigenvalue weighted by molar-refractivity contribution is -0.121. The van der Waals surface area contributed by atoms with E-state index >= 15 is 0 Å². The van der Waals surface area contributed by atoms with Gasteiger partial charge in [0.15, 0.2) is 0 Å². The lowest BCUT2D eigenvalue weighted by Crippen LogP contribution is -2.24. The maximum absolute atomic E-state index is 11.8. The van der Waals surface area contributed by atoms with Crippen molar-refractivity contribution in [3.05, 3.63) is 35.3 Å². The molecule has 1 aromatic carbocycles. The molecule has 2 aromatic rings. The molecule has 0 aliphatic heterocycles. The molecule has 2 rings (SSSR count). The Hall–Kier alpha value is -1.88. The number of hydrogen-bond donors (Lipinski definition) is 1. The summed E-state index contributed by atoms with van der Waals surface area (Å²) < 4.78 is 5.37. The molecule has 124 valence electrons. The third-order valence-electron chi connectivity index (χ3n) is 3.60. The lowest BCUT2D eigenvalue weighted by Gasteiger charge is -2.05. The first-order valence-corrected chi connectivity index (χ1v) is 8.97. The van der Waals surface area contributed by atoms with Gasteiger partial charge < -0.3 is 10.1 Å². The molecule has 0 fully saturated rings. The average molecular weight is 332 g/mol. The summed E-state index contributed by atoms with van der Waals surface area (Å²) >= 11 is 1.59. The van der Waals surface area contributed by atoms with E-state index < -0.39 is 0 Å². The quantitative estimate of drug-likeness (QED) is 0.705. The minimum atomic E-state index is 0.105. The van der Waals surface area contributed by atoms with Crippen molar-refractivity contribution < 1.29 is 9.53 Å². The van der Waals surface area contributed by atoms with Gasteiger partial charge in [0.05, 0.1) is 18.4 Å². The van der Waals surface area contributed by atoms with Crippen LogP contribution in [-0.2, 0) is 11.2 Å². The standard InChI is InChI=1S/C18H24N2O2S/c1-3-4-7-12-19-17(21)11-10-14-13-23-18(20-14)15-8-5-6-9-16(15)22-2/h5-6,8-9,13H,3-4,7,10-12H2,1-2H3,(H,19,21). The second-order valence-corrected chi connectivity index (χ2v) is 6.26. The summed E-state index contributed by atoms with van der Waals surface area (Å²) in [4.78, 5) is 16.4. The molecule has 0 saturated heterocycles. The van der Waals surface area contributed by atoms with E-state index in [1.807, 2.05) is 29.6 Å². The highest BCUT2D eigenvalue weighted by atomic mass is 32.1. The Bertz CT molecular complexity index is 625. The van der Waals surface area contributed by atoms with Crippen molar-refractivity contribution in [3.8, 4) is 16.3 Å². The molecule has 0 spiro atoms. The van der Waals surface area contributed by atoms with E-state index in [-0.39, 0.29) is 5.91 Å². The van der Waals surface area contributed by atoms with Gasteiger partial charge in [-0.3, -0.25) is 4.79 Å². The number of thiazole rings is 1. The van der Waals surface area contributed by atoms with Crippen molar-refractivity contribution in [2.24, 2.45) is 0 Å². The third kappa shape index (κ3) is 5.36. The number of aryl methyl sites for hydroxylation is 1. The molecule has 0 bridgehead atoms. The maximum atomic E-state index is 11.8. The number of nitrogens with zero attached hydrogens (tertiary/aromatic N) is 1. The monoisotopic (exact) mass is 332 g/mol. The zero-order valence-corrected chi connectivity index (χ0v) is 14.6. The van der Waals surface area contributed by atoms with Crippen LogP contribution in [0.5, 0.6) is 5.75 Å². The zero-order valence-electron chi connectivity index (χ0n) is 13.8. The van der Waals surface area contributed by atoms with E-state index in [0.29, 0.717) is 12.8 Å². The van der Waals surface area contributed by atoms with E-state index in [4.69, 9.17) is 4.74 Å². The molecule has 0 radical (unpaired) electrons. The minimum absolute atomic E-state index is 0.105. The number of unbranched alkanes of at least 4 members (excludes halogenated alkanes) is 2. The van der Waals surface area contributed by atoms with Gasteiger partial charge in [0, 0.05) is 18.3 Å². The van der Waals surface area contributed by atoms with Crippen molar-refractivity contribution in [1.29, 1.82) is 0 Å². The van der Waals surface area contributed by atoms with Crippen LogP contribution >= 0.6 is 11.3 Å². The van der Waals surface area contributed by atoms with Gasteiger partial charge >= 0.3 is 0 Å². The van der Waals surface area contributed by atoms with Crippen LogP contribution in [0.25, 0.3) is 10.6 Å². The first kappa shape index (κ1) is 17.5. The zero-order chi connectivity index (χ0) is 16.5. The number of carbonyl (C=O) groups excluding carboxylic acids is 1. The largest absolute Gasteiger partial charge is 0.496 e. The number of hydrogen-bond acceptors (Lipinski definition) is 4. The number of benzene rings is 1. The highest BCUT2D eigenvalue weighted by molar-refractivity contribution is 7.13. The molecular weight excluding hydrogens is 308 g/mol. The topological polar surface area (TPSA) is 51.2 Å². The Morgan fingerprint density at radius 1 is 1.30 bits per heavy atom. The normalized spacial score (nSPS) is 10.5. The molecule has 1 N–H and O–H groups in total. The summed E-state index contributed by atoms with van der Waals surface area (Å²) in [6.45, 7) is 2.93. The fraction of sp³-hybridized carbons (Fsp3) is 0.444. The lowest BCUT2D eigenvalue weighted by atomic mass is 10.2. The second kappa shape index (κ2) is 9.30.